The van der Waals surface area contributed by atoms with E-state index in [-0.39, 0.29) is 0 Å². The summed E-state index contributed by atoms with van der Waals surface area (Å²) in [6.07, 6.45) is 0. The molecule has 0 saturated carbocycles. The maximum atomic E-state index is 9.04. The lowest BCUT2D eigenvalue weighted by Crippen LogP contribution is -2.01. The Morgan fingerprint density at radius 3 is 2.63 bits per heavy atom. The monoisotopic (exact) mass is 311 g/mol. The molecule has 0 spiro atoms. The zero-order valence-corrected chi connectivity index (χ0v) is 11.6. The Kier molecular flexibility index (Phi) is 4.18. The van der Waals surface area contributed by atoms with Gasteiger partial charge in [0.25, 0.3) is 0 Å². The van der Waals surface area contributed by atoms with Gasteiger partial charge in [0.2, 0.25) is 0 Å². The molecule has 0 unspecified atom stereocenters. The lowest BCUT2D eigenvalue weighted by atomic mass is 10.1. The van der Waals surface area contributed by atoms with Crippen molar-refractivity contribution >= 4 is 21.6 Å². The first-order chi connectivity index (χ1) is 9.22. The van der Waals surface area contributed by atoms with Crippen LogP contribution in [0, 0.1) is 22.7 Å². The first-order valence-electron chi connectivity index (χ1n) is 5.65. The second-order valence-corrected chi connectivity index (χ2v) is 4.88. The minimum Gasteiger partial charge on any atom is -0.380 e. The Hall–Kier alpha value is -2.30. The molecule has 0 amide bonds. The lowest BCUT2D eigenvalue weighted by Gasteiger charge is -2.09. The molecule has 0 atom stereocenters. The minimum atomic E-state index is 0.570. The minimum absolute atomic E-state index is 0.570. The van der Waals surface area contributed by atoms with Crippen LogP contribution in [0.3, 0.4) is 0 Å². The van der Waals surface area contributed by atoms with Gasteiger partial charge < -0.3 is 5.32 Å². The second-order valence-electron chi connectivity index (χ2n) is 3.97. The van der Waals surface area contributed by atoms with Crippen molar-refractivity contribution in [3.8, 4) is 12.1 Å². The number of hydrogen-bond acceptors (Lipinski definition) is 3. The highest BCUT2D eigenvalue weighted by atomic mass is 79.9. The highest BCUT2D eigenvalue weighted by molar-refractivity contribution is 9.10. The number of benzene rings is 2. The van der Waals surface area contributed by atoms with Crippen molar-refractivity contribution in [3.05, 3.63) is 63.6 Å². The molecule has 0 saturated heterocycles. The van der Waals surface area contributed by atoms with Gasteiger partial charge in [-0.1, -0.05) is 28.1 Å². The highest BCUT2D eigenvalue weighted by Gasteiger charge is 2.03. The third-order valence-electron chi connectivity index (χ3n) is 2.64. The molecule has 0 bridgehead atoms. The van der Waals surface area contributed by atoms with Crippen molar-refractivity contribution in [2.24, 2.45) is 0 Å². The van der Waals surface area contributed by atoms with E-state index in [0.717, 1.165) is 15.7 Å². The average molecular weight is 312 g/mol. The zero-order chi connectivity index (χ0) is 13.7. The third kappa shape index (κ3) is 3.34. The average Bonchev–Trinajstić information content (AvgIpc) is 2.45. The van der Waals surface area contributed by atoms with Gasteiger partial charge in [-0.3, -0.25) is 0 Å². The summed E-state index contributed by atoms with van der Waals surface area (Å²) < 4.78 is 0.916. The molecule has 2 aromatic carbocycles. The van der Waals surface area contributed by atoms with Crippen molar-refractivity contribution in [1.29, 1.82) is 10.5 Å². The van der Waals surface area contributed by atoms with Crippen molar-refractivity contribution in [3.63, 3.8) is 0 Å². The Morgan fingerprint density at radius 2 is 1.89 bits per heavy atom. The van der Waals surface area contributed by atoms with Gasteiger partial charge in [-0.15, -0.1) is 0 Å². The van der Waals surface area contributed by atoms with Crippen molar-refractivity contribution < 1.29 is 0 Å². The topological polar surface area (TPSA) is 59.6 Å². The normalized spacial score (nSPS) is 9.42. The van der Waals surface area contributed by atoms with Crippen LogP contribution in [0.4, 0.5) is 5.69 Å². The van der Waals surface area contributed by atoms with Crippen LogP contribution in [0.25, 0.3) is 0 Å². The summed E-state index contributed by atoms with van der Waals surface area (Å²) in [5, 5.41) is 21.1. The van der Waals surface area contributed by atoms with Crippen LogP contribution in [0.2, 0.25) is 0 Å². The summed E-state index contributed by atoms with van der Waals surface area (Å²) in [4.78, 5) is 0. The van der Waals surface area contributed by atoms with Crippen LogP contribution < -0.4 is 5.32 Å². The molecule has 3 nitrogen and oxygen atoms in total. The molecule has 2 rings (SSSR count). The van der Waals surface area contributed by atoms with Gasteiger partial charge in [-0.05, 0) is 35.9 Å². The largest absolute Gasteiger partial charge is 0.380 e. The molecule has 0 aliphatic rings. The quantitative estimate of drug-likeness (QED) is 0.937. The van der Waals surface area contributed by atoms with E-state index in [1.165, 1.54) is 0 Å². The smallest absolute Gasteiger partial charge is 0.101 e. The van der Waals surface area contributed by atoms with Gasteiger partial charge in [-0.25, -0.2) is 0 Å². The molecular formula is C15H10BrN3. The number of halogens is 1. The highest BCUT2D eigenvalue weighted by Crippen LogP contribution is 2.21. The van der Waals surface area contributed by atoms with E-state index in [1.54, 1.807) is 12.1 Å². The number of nitriles is 2. The maximum Gasteiger partial charge on any atom is 0.101 e. The molecular weight excluding hydrogens is 302 g/mol. The van der Waals surface area contributed by atoms with Gasteiger partial charge in [0.15, 0.2) is 0 Å². The van der Waals surface area contributed by atoms with E-state index < -0.39 is 0 Å². The standard InChI is InChI=1S/C15H10BrN3/c16-14-5-4-13(9-18)15(7-14)19-10-12-3-1-2-11(6-12)8-17/h1-7,19H,10H2. The summed E-state index contributed by atoms with van der Waals surface area (Å²) in [5.74, 6) is 0. The first-order valence-corrected chi connectivity index (χ1v) is 6.45. The second kappa shape index (κ2) is 6.04. The number of rotatable bonds is 3. The van der Waals surface area contributed by atoms with Gasteiger partial charge in [0, 0.05) is 11.0 Å². The molecule has 0 aliphatic heterocycles. The molecule has 2 aromatic rings. The number of anilines is 1. The fourth-order valence-electron chi connectivity index (χ4n) is 1.71. The van der Waals surface area contributed by atoms with Crippen LogP contribution in [0.5, 0.6) is 0 Å². The van der Waals surface area contributed by atoms with Crippen LogP contribution in [-0.2, 0) is 6.54 Å². The SMILES string of the molecule is N#Cc1cccc(CNc2cc(Br)ccc2C#N)c1. The Balaban J connectivity index is 2.17. The van der Waals surface area contributed by atoms with Gasteiger partial charge in [-0.2, -0.15) is 10.5 Å². The summed E-state index contributed by atoms with van der Waals surface area (Å²) >= 11 is 3.38. The van der Waals surface area contributed by atoms with Crippen molar-refractivity contribution in [2.75, 3.05) is 5.32 Å². The zero-order valence-electron chi connectivity index (χ0n) is 10.0. The fraction of sp³-hybridized carbons (Fsp3) is 0.0667. The fourth-order valence-corrected chi connectivity index (χ4v) is 2.07. The van der Waals surface area contributed by atoms with Crippen LogP contribution in [0.1, 0.15) is 16.7 Å². The van der Waals surface area contributed by atoms with Gasteiger partial charge in [0.1, 0.15) is 6.07 Å². The number of nitrogens with one attached hydrogen (secondary N) is 1. The predicted octanol–water partition coefficient (Wildman–Crippen LogP) is 3.80. The van der Waals surface area contributed by atoms with Crippen LogP contribution >= 0.6 is 15.9 Å². The van der Waals surface area contributed by atoms with Gasteiger partial charge in [0.05, 0.1) is 22.9 Å². The number of nitrogens with zero attached hydrogens (tertiary/aromatic N) is 2. The molecule has 0 aromatic heterocycles. The Bertz CT molecular complexity index is 681. The van der Waals surface area contributed by atoms with E-state index in [4.69, 9.17) is 10.5 Å². The van der Waals surface area contributed by atoms with Crippen molar-refractivity contribution in [1.82, 2.24) is 0 Å². The van der Waals surface area contributed by atoms with E-state index in [2.05, 4.69) is 33.4 Å². The van der Waals surface area contributed by atoms with Crippen LogP contribution in [-0.4, -0.2) is 0 Å². The van der Waals surface area contributed by atoms with Crippen molar-refractivity contribution in [2.45, 2.75) is 6.54 Å². The predicted molar refractivity (Wildman–Crippen MR) is 77.3 cm³/mol. The van der Waals surface area contributed by atoms with E-state index in [0.29, 0.717) is 17.7 Å². The molecule has 0 aliphatic carbocycles. The summed E-state index contributed by atoms with van der Waals surface area (Å²) in [5.41, 5.74) is 3.01. The first kappa shape index (κ1) is 13.1. The number of hydrogen-bond donors (Lipinski definition) is 1. The Labute approximate surface area is 120 Å². The van der Waals surface area contributed by atoms with E-state index in [9.17, 15) is 0 Å². The third-order valence-corrected chi connectivity index (χ3v) is 3.13. The lowest BCUT2D eigenvalue weighted by molar-refractivity contribution is 1.14. The molecule has 0 fully saturated rings. The maximum absolute atomic E-state index is 9.04. The molecule has 92 valence electrons. The summed E-state index contributed by atoms with van der Waals surface area (Å²) in [6, 6.07) is 17.1. The van der Waals surface area contributed by atoms with E-state index >= 15 is 0 Å². The molecule has 0 heterocycles. The molecule has 4 heteroatoms. The molecule has 1 N–H and O–H groups in total. The summed E-state index contributed by atoms with van der Waals surface area (Å²) in [7, 11) is 0. The van der Waals surface area contributed by atoms with Gasteiger partial charge >= 0.3 is 0 Å². The molecule has 19 heavy (non-hydrogen) atoms. The van der Waals surface area contributed by atoms with E-state index in [1.807, 2.05) is 30.3 Å². The molecule has 0 radical (unpaired) electrons. The van der Waals surface area contributed by atoms with Crippen LogP contribution in [0.15, 0.2) is 46.9 Å². The summed E-state index contributed by atoms with van der Waals surface area (Å²) in [6.45, 7) is 0.570. The Morgan fingerprint density at radius 1 is 1.05 bits per heavy atom.